The molecule has 0 bridgehead atoms. The van der Waals surface area contributed by atoms with Gasteiger partial charge in [0, 0.05) is 0 Å². The van der Waals surface area contributed by atoms with Crippen molar-refractivity contribution in [3.63, 3.8) is 0 Å². The number of hydrogen-bond donors (Lipinski definition) is 0. The number of benzene rings is 3. The van der Waals surface area contributed by atoms with Gasteiger partial charge in [-0.2, -0.15) is 0 Å². The maximum Gasteiger partial charge on any atom is 0.318 e. The van der Waals surface area contributed by atoms with Crippen LogP contribution in [0.2, 0.25) is 0 Å². The average Bonchev–Trinajstić information content (AvgIpc) is 2.95. The van der Waals surface area contributed by atoms with Crippen molar-refractivity contribution in [3.8, 4) is 11.1 Å². The minimum Gasteiger partial charge on any atom is -0.460 e. The van der Waals surface area contributed by atoms with Gasteiger partial charge in [-0.25, -0.2) is 0 Å². The molecule has 23 heavy (non-hydrogen) atoms. The van der Waals surface area contributed by atoms with E-state index in [2.05, 4.69) is 12.1 Å². The van der Waals surface area contributed by atoms with E-state index in [1.54, 1.807) is 0 Å². The molecule has 0 fully saturated rings. The molecule has 0 spiro atoms. The number of carbonyl (C=O) groups excluding carboxylic acids is 1. The highest BCUT2D eigenvalue weighted by Crippen LogP contribution is 2.45. The molecule has 0 radical (unpaired) electrons. The van der Waals surface area contributed by atoms with Gasteiger partial charge < -0.3 is 4.74 Å². The van der Waals surface area contributed by atoms with Crippen LogP contribution in [0.1, 0.15) is 22.6 Å². The number of esters is 1. The Morgan fingerprint density at radius 1 is 0.739 bits per heavy atom. The standard InChI is InChI=1S/C21H16O2/c22-21(23-14-15-8-2-1-3-9-15)20-18-12-6-4-10-16(18)17-11-5-7-13-19(17)20/h1-13,20H,14H2. The molecule has 0 aliphatic heterocycles. The molecule has 0 saturated carbocycles. The third kappa shape index (κ3) is 2.42. The van der Waals surface area contributed by atoms with E-state index in [0.717, 1.165) is 27.8 Å². The number of rotatable bonds is 3. The maximum absolute atomic E-state index is 12.7. The Kier molecular flexibility index (Phi) is 3.43. The van der Waals surface area contributed by atoms with Gasteiger partial charge in [-0.05, 0) is 27.8 Å². The van der Waals surface area contributed by atoms with Crippen molar-refractivity contribution >= 4 is 5.97 Å². The Balaban J connectivity index is 1.64. The third-order valence-electron chi connectivity index (χ3n) is 4.29. The Bertz CT molecular complexity index is 807. The normalized spacial score (nSPS) is 12.5. The molecule has 2 heteroatoms. The first-order valence-corrected chi connectivity index (χ1v) is 7.73. The van der Waals surface area contributed by atoms with Crippen LogP contribution in [0.3, 0.4) is 0 Å². The van der Waals surface area contributed by atoms with E-state index in [1.165, 1.54) is 0 Å². The summed E-state index contributed by atoms with van der Waals surface area (Å²) in [5, 5.41) is 0. The van der Waals surface area contributed by atoms with Crippen molar-refractivity contribution in [1.29, 1.82) is 0 Å². The number of fused-ring (bicyclic) bond motifs is 3. The highest BCUT2D eigenvalue weighted by Gasteiger charge is 2.34. The molecule has 0 amide bonds. The smallest absolute Gasteiger partial charge is 0.318 e. The van der Waals surface area contributed by atoms with E-state index in [4.69, 9.17) is 4.74 Å². The largest absolute Gasteiger partial charge is 0.460 e. The van der Waals surface area contributed by atoms with Crippen LogP contribution in [0.15, 0.2) is 78.9 Å². The van der Waals surface area contributed by atoms with Crippen LogP contribution in [0.5, 0.6) is 0 Å². The lowest BCUT2D eigenvalue weighted by Gasteiger charge is -2.13. The SMILES string of the molecule is O=C(OCc1ccccc1)C1c2ccccc2-c2ccccc21. The first kappa shape index (κ1) is 13.8. The summed E-state index contributed by atoms with van der Waals surface area (Å²) in [6, 6.07) is 25.9. The summed E-state index contributed by atoms with van der Waals surface area (Å²) >= 11 is 0. The van der Waals surface area contributed by atoms with Gasteiger partial charge in [-0.15, -0.1) is 0 Å². The van der Waals surface area contributed by atoms with Crippen molar-refractivity contribution in [2.75, 3.05) is 0 Å². The molecule has 3 aromatic rings. The van der Waals surface area contributed by atoms with Crippen molar-refractivity contribution in [3.05, 3.63) is 95.6 Å². The van der Waals surface area contributed by atoms with Gasteiger partial charge in [0.25, 0.3) is 0 Å². The molecule has 1 aliphatic rings. The summed E-state index contributed by atoms with van der Waals surface area (Å²) in [6.45, 7) is 0.306. The van der Waals surface area contributed by atoms with Gasteiger partial charge in [0.1, 0.15) is 12.5 Å². The van der Waals surface area contributed by atoms with Crippen LogP contribution in [0, 0.1) is 0 Å². The van der Waals surface area contributed by atoms with Gasteiger partial charge in [-0.1, -0.05) is 78.9 Å². The quantitative estimate of drug-likeness (QED) is 0.664. The van der Waals surface area contributed by atoms with E-state index < -0.39 is 0 Å². The maximum atomic E-state index is 12.7. The molecule has 0 unspecified atom stereocenters. The van der Waals surface area contributed by atoms with Crippen LogP contribution < -0.4 is 0 Å². The predicted octanol–water partition coefficient (Wildman–Crippen LogP) is 4.54. The monoisotopic (exact) mass is 300 g/mol. The zero-order valence-electron chi connectivity index (χ0n) is 12.6. The third-order valence-corrected chi connectivity index (χ3v) is 4.29. The molecule has 0 atom stereocenters. The summed E-state index contributed by atoms with van der Waals surface area (Å²) in [5.74, 6) is -0.516. The average molecular weight is 300 g/mol. The van der Waals surface area contributed by atoms with E-state index in [1.807, 2.05) is 66.7 Å². The van der Waals surface area contributed by atoms with Crippen molar-refractivity contribution in [1.82, 2.24) is 0 Å². The summed E-state index contributed by atoms with van der Waals surface area (Å²) in [7, 11) is 0. The van der Waals surface area contributed by atoms with Gasteiger partial charge in [-0.3, -0.25) is 4.79 Å². The van der Waals surface area contributed by atoms with E-state index in [9.17, 15) is 4.79 Å². The van der Waals surface area contributed by atoms with Gasteiger partial charge in [0.15, 0.2) is 0 Å². The van der Waals surface area contributed by atoms with Crippen molar-refractivity contribution in [2.24, 2.45) is 0 Å². The molecule has 4 rings (SSSR count). The molecule has 112 valence electrons. The number of hydrogen-bond acceptors (Lipinski definition) is 2. The molecule has 2 nitrogen and oxygen atoms in total. The van der Waals surface area contributed by atoms with Gasteiger partial charge in [0.05, 0.1) is 0 Å². The fourth-order valence-corrected chi connectivity index (χ4v) is 3.22. The number of carbonyl (C=O) groups is 1. The predicted molar refractivity (Wildman–Crippen MR) is 90.0 cm³/mol. The first-order valence-electron chi connectivity index (χ1n) is 7.73. The lowest BCUT2D eigenvalue weighted by atomic mass is 9.97. The van der Waals surface area contributed by atoms with Crippen molar-refractivity contribution < 1.29 is 9.53 Å². The topological polar surface area (TPSA) is 26.3 Å². The van der Waals surface area contributed by atoms with E-state index >= 15 is 0 Å². The van der Waals surface area contributed by atoms with E-state index in [-0.39, 0.29) is 11.9 Å². The second-order valence-electron chi connectivity index (χ2n) is 5.70. The molecule has 1 aliphatic carbocycles. The molecule has 3 aromatic carbocycles. The van der Waals surface area contributed by atoms with Crippen LogP contribution in [0.4, 0.5) is 0 Å². The van der Waals surface area contributed by atoms with Gasteiger partial charge >= 0.3 is 5.97 Å². The highest BCUT2D eigenvalue weighted by molar-refractivity contribution is 5.93. The summed E-state index contributed by atoms with van der Waals surface area (Å²) in [5.41, 5.74) is 5.33. The molecule has 0 aromatic heterocycles. The first-order chi connectivity index (χ1) is 11.3. The lowest BCUT2D eigenvalue weighted by molar-refractivity contribution is -0.145. The second kappa shape index (κ2) is 5.73. The molecule has 0 N–H and O–H groups in total. The lowest BCUT2D eigenvalue weighted by Crippen LogP contribution is -2.15. The Hall–Kier alpha value is -2.87. The van der Waals surface area contributed by atoms with Crippen molar-refractivity contribution in [2.45, 2.75) is 12.5 Å². The Morgan fingerprint density at radius 2 is 1.26 bits per heavy atom. The van der Waals surface area contributed by atoms with Crippen LogP contribution in [-0.4, -0.2) is 5.97 Å². The molecular weight excluding hydrogens is 284 g/mol. The molecule has 0 heterocycles. The Morgan fingerprint density at radius 3 is 1.87 bits per heavy atom. The summed E-state index contributed by atoms with van der Waals surface area (Å²) in [4.78, 5) is 12.7. The fraction of sp³-hybridized carbons (Fsp3) is 0.0952. The molecular formula is C21H16O2. The van der Waals surface area contributed by atoms with Crippen LogP contribution >= 0.6 is 0 Å². The molecule has 0 saturated heterocycles. The fourth-order valence-electron chi connectivity index (χ4n) is 3.22. The Labute approximate surface area is 135 Å². The number of ether oxygens (including phenoxy) is 1. The van der Waals surface area contributed by atoms with Gasteiger partial charge in [0.2, 0.25) is 0 Å². The minimum atomic E-state index is -0.328. The minimum absolute atomic E-state index is 0.189. The highest BCUT2D eigenvalue weighted by atomic mass is 16.5. The van der Waals surface area contributed by atoms with Crippen LogP contribution in [-0.2, 0) is 16.1 Å². The van der Waals surface area contributed by atoms with E-state index in [0.29, 0.717) is 6.61 Å². The zero-order chi connectivity index (χ0) is 15.6. The second-order valence-corrected chi connectivity index (χ2v) is 5.70. The summed E-state index contributed by atoms with van der Waals surface area (Å²) < 4.78 is 5.59. The van der Waals surface area contributed by atoms with Crippen LogP contribution in [0.25, 0.3) is 11.1 Å². The summed E-state index contributed by atoms with van der Waals surface area (Å²) in [6.07, 6.45) is 0. The zero-order valence-corrected chi connectivity index (χ0v) is 12.6.